The summed E-state index contributed by atoms with van der Waals surface area (Å²) in [5.74, 6) is -4.23. The number of nitrogens with zero attached hydrogens (tertiary/aromatic N) is 3. The molecule has 0 spiro atoms. The number of rotatable bonds is 31. The van der Waals surface area contributed by atoms with Crippen molar-refractivity contribution in [1.29, 1.82) is 0 Å². The van der Waals surface area contributed by atoms with E-state index in [1.807, 2.05) is 60.5 Å². The van der Waals surface area contributed by atoms with Crippen LogP contribution in [0.2, 0.25) is 0 Å². The van der Waals surface area contributed by atoms with Crippen LogP contribution in [-0.2, 0) is 70.9 Å². The van der Waals surface area contributed by atoms with Crippen LogP contribution in [-0.4, -0.2) is 167 Å². The van der Waals surface area contributed by atoms with Crippen LogP contribution >= 0.6 is 0 Å². The van der Waals surface area contributed by atoms with E-state index in [1.165, 1.54) is 14.2 Å². The summed E-state index contributed by atoms with van der Waals surface area (Å²) in [6.45, 7) is 14.9. The molecule has 1 saturated heterocycles. The highest BCUT2D eigenvalue weighted by Crippen LogP contribution is 2.31. The Balaban J connectivity index is 1.43. The second kappa shape index (κ2) is 30.0. The molecule has 7 N–H and O–H groups in total. The van der Waals surface area contributed by atoms with Crippen LogP contribution in [0.5, 0.6) is 5.75 Å². The van der Waals surface area contributed by atoms with Gasteiger partial charge >= 0.3 is 0 Å². The zero-order chi connectivity index (χ0) is 58.2. The fourth-order valence-corrected chi connectivity index (χ4v) is 11.2. The van der Waals surface area contributed by atoms with E-state index in [4.69, 9.17) is 24.8 Å². The lowest BCUT2D eigenvalue weighted by Crippen LogP contribution is -2.59. The zero-order valence-corrected chi connectivity index (χ0v) is 48.6. The molecule has 7 amide bonds. The minimum absolute atomic E-state index is 0.00668. The first-order valence-electron chi connectivity index (χ1n) is 27.0. The van der Waals surface area contributed by atoms with E-state index in [0.717, 1.165) is 5.56 Å². The molecule has 0 aromatic heterocycles. The van der Waals surface area contributed by atoms with Crippen molar-refractivity contribution in [1.82, 2.24) is 35.5 Å². The highest BCUT2D eigenvalue weighted by molar-refractivity contribution is 7.90. The number of likely N-dealkylation sites (tertiary alicyclic amines) is 1. The normalized spacial score (nSPS) is 18.2. The number of methoxy groups -OCH3 is 2. The van der Waals surface area contributed by atoms with Gasteiger partial charge in [-0.2, -0.15) is 0 Å². The molecular weight excluding hydrogens is 1030 g/mol. The third-order valence-corrected chi connectivity index (χ3v) is 16.4. The Kier molecular flexibility index (Phi) is 24.9. The van der Waals surface area contributed by atoms with Crippen molar-refractivity contribution in [2.24, 2.45) is 29.4 Å². The smallest absolute Gasteiger partial charge is 0.281 e. The van der Waals surface area contributed by atoms with Gasteiger partial charge in [0.2, 0.25) is 39.6 Å². The van der Waals surface area contributed by atoms with Gasteiger partial charge in [-0.25, -0.2) is 13.9 Å². The van der Waals surface area contributed by atoms with Crippen LogP contribution in [0.4, 0.5) is 5.69 Å². The lowest BCUT2D eigenvalue weighted by Gasteiger charge is -2.41. The molecule has 1 aliphatic carbocycles. The molecule has 0 bridgehead atoms. The molecular formula is C55H87N9O13S. The molecule has 0 radical (unpaired) electrons. The molecule has 10 atom stereocenters. The average molecular weight is 1110 g/mol. The number of anilines is 1. The number of sulfonamides is 1. The summed E-state index contributed by atoms with van der Waals surface area (Å²) in [5, 5.41) is 7.76. The maximum Gasteiger partial charge on any atom is 0.281 e. The number of carbonyl (C=O) groups is 7. The standard InChI is InChI=1S/C55H87N9O13S/c1-14-34(6)49(63(11)55(71)47(32(2)3)59-54(70)48(33(4)5)62(9)10)44(74-12)29-46(66)64-27-15-16-43(64)50(75-13)35(7)51(67)58-42(53(69)61-78(72,73)41-25-26-41)28-37-19-23-40(24-20-37)76-31-45(65)60-77-30-38-17-21-39(22-18-38)57-52(68)36(8)56/h17-24,32-36,41-44,47-50H,14-16,25-31,56H2,1-13H3,(H,57,68)(H,58,67)(H,59,70)(H,60,65)(H,61,69)/t34-,35+,36-,42-,43-,44+,47-,48-,49-,50+/m0/s1. The molecule has 1 saturated carbocycles. The van der Waals surface area contributed by atoms with Gasteiger partial charge in [-0.15, -0.1) is 0 Å². The summed E-state index contributed by atoms with van der Waals surface area (Å²) >= 11 is 0. The number of nitrogens with two attached hydrogens (primary N) is 1. The molecule has 4 rings (SSSR count). The fraction of sp³-hybridized carbons (Fsp3) is 0.655. The van der Waals surface area contributed by atoms with Gasteiger partial charge in [0.05, 0.1) is 60.6 Å². The van der Waals surface area contributed by atoms with Gasteiger partial charge < -0.3 is 45.7 Å². The largest absolute Gasteiger partial charge is 0.484 e. The highest BCUT2D eigenvalue weighted by Gasteiger charge is 2.44. The van der Waals surface area contributed by atoms with E-state index >= 15 is 0 Å². The number of hydrogen-bond acceptors (Lipinski definition) is 15. The van der Waals surface area contributed by atoms with E-state index in [1.54, 1.807) is 79.2 Å². The van der Waals surface area contributed by atoms with Crippen molar-refractivity contribution in [3.05, 3.63) is 59.7 Å². The Morgan fingerprint density at radius 3 is 1.95 bits per heavy atom. The van der Waals surface area contributed by atoms with Crippen LogP contribution in [0.3, 0.4) is 0 Å². The molecule has 23 heteroatoms. The summed E-state index contributed by atoms with van der Waals surface area (Å²) < 4.78 is 45.8. The Hall–Kier alpha value is -5.72. The number of ether oxygens (including phenoxy) is 3. The zero-order valence-electron chi connectivity index (χ0n) is 47.8. The van der Waals surface area contributed by atoms with Crippen molar-refractivity contribution in [3.63, 3.8) is 0 Å². The van der Waals surface area contributed by atoms with Crippen LogP contribution in [0.15, 0.2) is 48.5 Å². The third-order valence-electron chi connectivity index (χ3n) is 14.6. The fourth-order valence-electron chi connectivity index (χ4n) is 9.87. The highest BCUT2D eigenvalue weighted by atomic mass is 32.2. The topological polar surface area (TPSA) is 286 Å². The number of carbonyl (C=O) groups excluding carboxylic acids is 7. The summed E-state index contributed by atoms with van der Waals surface area (Å²) in [7, 11) is 4.29. The van der Waals surface area contributed by atoms with Gasteiger partial charge in [0.25, 0.3) is 11.8 Å². The molecule has 22 nitrogen and oxygen atoms in total. The number of hydroxylamine groups is 1. The van der Waals surface area contributed by atoms with Gasteiger partial charge in [0, 0.05) is 39.9 Å². The molecule has 2 aromatic carbocycles. The molecule has 1 heterocycles. The quantitative estimate of drug-likeness (QED) is 0.0592. The molecule has 78 heavy (non-hydrogen) atoms. The van der Waals surface area contributed by atoms with Gasteiger partial charge in [0.1, 0.15) is 17.8 Å². The first-order valence-corrected chi connectivity index (χ1v) is 28.5. The van der Waals surface area contributed by atoms with Crippen LogP contribution < -0.4 is 36.6 Å². The number of amides is 7. The Bertz CT molecular complexity index is 2430. The van der Waals surface area contributed by atoms with E-state index in [9.17, 15) is 42.0 Å². The van der Waals surface area contributed by atoms with Gasteiger partial charge in [-0.1, -0.05) is 79.2 Å². The average Bonchev–Trinajstić information content (AvgIpc) is 4.17. The van der Waals surface area contributed by atoms with E-state index in [0.29, 0.717) is 55.6 Å². The minimum atomic E-state index is -4.00. The second-order valence-corrected chi connectivity index (χ2v) is 23.6. The number of likely N-dealkylation sites (N-methyl/N-ethyl adjacent to an activating group) is 2. The lowest BCUT2D eigenvalue weighted by atomic mass is 9.89. The van der Waals surface area contributed by atoms with Crippen LogP contribution in [0, 0.1) is 23.7 Å². The number of hydrogen-bond donors (Lipinski definition) is 6. The van der Waals surface area contributed by atoms with Gasteiger partial charge in [-0.3, -0.25) is 48.0 Å². The van der Waals surface area contributed by atoms with Crippen molar-refractivity contribution < 1.29 is 61.0 Å². The third kappa shape index (κ3) is 18.4. The van der Waals surface area contributed by atoms with E-state index < -0.39 is 94.0 Å². The lowest BCUT2D eigenvalue weighted by molar-refractivity contribution is -0.148. The molecule has 2 fully saturated rings. The van der Waals surface area contributed by atoms with Crippen LogP contribution in [0.25, 0.3) is 0 Å². The summed E-state index contributed by atoms with van der Waals surface area (Å²) in [5.41, 5.74) is 9.72. The molecule has 2 aromatic rings. The van der Waals surface area contributed by atoms with Crippen molar-refractivity contribution >= 4 is 57.1 Å². The Morgan fingerprint density at radius 2 is 1.41 bits per heavy atom. The minimum Gasteiger partial charge on any atom is -0.484 e. The van der Waals surface area contributed by atoms with E-state index in [2.05, 4.69) is 26.2 Å². The molecule has 436 valence electrons. The number of benzene rings is 2. The van der Waals surface area contributed by atoms with Gasteiger partial charge in [0.15, 0.2) is 6.61 Å². The molecule has 1 aliphatic heterocycles. The second-order valence-electron chi connectivity index (χ2n) is 21.7. The Labute approximate surface area is 461 Å². The monoisotopic (exact) mass is 1110 g/mol. The predicted octanol–water partition coefficient (Wildman–Crippen LogP) is 2.88. The maximum absolute atomic E-state index is 14.5. The van der Waals surface area contributed by atoms with Gasteiger partial charge in [-0.05, 0) is 99.8 Å². The van der Waals surface area contributed by atoms with Crippen molar-refractivity contribution in [3.8, 4) is 5.75 Å². The first-order chi connectivity index (χ1) is 36.7. The SMILES string of the molecule is CC[C@H](C)[C@@H]([C@@H](CC(=O)N1CCC[C@H]1[C@H](OC)[C@@H](C)C(=O)N[C@@H](Cc1ccc(OCC(=O)NOCc2ccc(NC(=O)[C@H](C)N)cc2)cc1)C(=O)NS(=O)(=O)C1CC1)OC)N(C)C(=O)[C@@H](NC(=O)[C@H](C(C)C)N(C)C)C(C)C. The molecule has 0 unspecified atom stereocenters. The predicted molar refractivity (Wildman–Crippen MR) is 295 cm³/mol. The molecule has 2 aliphatic rings. The van der Waals surface area contributed by atoms with Crippen molar-refractivity contribution in [2.75, 3.05) is 53.8 Å². The maximum atomic E-state index is 14.5. The summed E-state index contributed by atoms with van der Waals surface area (Å²) in [6, 6.07) is 8.76. The first kappa shape index (κ1) is 64.8. The van der Waals surface area contributed by atoms with E-state index in [-0.39, 0.29) is 60.8 Å². The summed E-state index contributed by atoms with van der Waals surface area (Å²) in [4.78, 5) is 105. The summed E-state index contributed by atoms with van der Waals surface area (Å²) in [6.07, 6.45) is 0.816. The number of nitrogens with one attached hydrogen (secondary N) is 5. The van der Waals surface area contributed by atoms with Crippen LogP contribution in [0.1, 0.15) is 105 Å². The van der Waals surface area contributed by atoms with Crippen molar-refractivity contribution in [2.45, 2.75) is 161 Å². The Morgan fingerprint density at radius 1 is 0.782 bits per heavy atom.